The molecule has 1 saturated heterocycles. The van der Waals surface area contributed by atoms with Gasteiger partial charge in [0, 0.05) is 0 Å². The Balaban J connectivity index is 0.000001000. The van der Waals surface area contributed by atoms with Crippen LogP contribution in [0.4, 0.5) is 0 Å². The number of rotatable bonds is 1. The number of likely N-dealkylation sites (tertiary alicyclic amines) is 1. The highest BCUT2D eigenvalue weighted by Crippen LogP contribution is 2.23. The second-order valence-electron chi connectivity index (χ2n) is 4.06. The lowest BCUT2D eigenvalue weighted by Crippen LogP contribution is -3.00. The molecule has 0 spiro atoms. The summed E-state index contributed by atoms with van der Waals surface area (Å²) >= 11 is 0. The standard InChI is InChI=1S/C9H20N.BrH/c1-4-9-7-5-6-8-10(9,2)3;/h9H,4-8H2,1-3H3;1H/q+1;/p-1. The molecule has 0 aromatic heterocycles. The van der Waals surface area contributed by atoms with Gasteiger partial charge in [-0.05, 0) is 25.7 Å². The van der Waals surface area contributed by atoms with E-state index >= 15 is 0 Å². The van der Waals surface area contributed by atoms with Crippen molar-refractivity contribution in [2.24, 2.45) is 0 Å². The van der Waals surface area contributed by atoms with Crippen LogP contribution in [0.3, 0.4) is 0 Å². The average Bonchev–Trinajstić information content (AvgIpc) is 1.87. The van der Waals surface area contributed by atoms with Crippen molar-refractivity contribution < 1.29 is 21.5 Å². The van der Waals surface area contributed by atoms with Gasteiger partial charge in [0.15, 0.2) is 0 Å². The van der Waals surface area contributed by atoms with Crippen LogP contribution >= 0.6 is 0 Å². The van der Waals surface area contributed by atoms with Crippen molar-refractivity contribution >= 4 is 0 Å². The lowest BCUT2D eigenvalue weighted by molar-refractivity contribution is -0.920. The molecule has 1 unspecified atom stereocenters. The molecule has 68 valence electrons. The fourth-order valence-electron chi connectivity index (χ4n) is 2.13. The Bertz CT molecular complexity index is 112. The first-order chi connectivity index (χ1) is 4.67. The first kappa shape index (κ1) is 11.4. The maximum absolute atomic E-state index is 2.37. The van der Waals surface area contributed by atoms with E-state index in [0.717, 1.165) is 6.04 Å². The van der Waals surface area contributed by atoms with Crippen LogP contribution in [-0.4, -0.2) is 31.2 Å². The highest BCUT2D eigenvalue weighted by molar-refractivity contribution is 4.61. The second-order valence-corrected chi connectivity index (χ2v) is 4.06. The lowest BCUT2D eigenvalue weighted by Gasteiger charge is -2.41. The van der Waals surface area contributed by atoms with E-state index in [1.807, 2.05) is 0 Å². The molecule has 1 atom stereocenters. The summed E-state index contributed by atoms with van der Waals surface area (Å²) in [5, 5.41) is 0. The molecule has 0 amide bonds. The molecule has 0 saturated carbocycles. The van der Waals surface area contributed by atoms with E-state index in [-0.39, 0.29) is 17.0 Å². The van der Waals surface area contributed by atoms with Crippen LogP contribution in [0.25, 0.3) is 0 Å². The van der Waals surface area contributed by atoms with Gasteiger partial charge >= 0.3 is 0 Å². The Kier molecular flexibility index (Phi) is 4.64. The van der Waals surface area contributed by atoms with Crippen molar-refractivity contribution in [3.05, 3.63) is 0 Å². The van der Waals surface area contributed by atoms with Crippen molar-refractivity contribution in [3.8, 4) is 0 Å². The molecule has 0 aromatic rings. The Labute approximate surface area is 81.1 Å². The summed E-state index contributed by atoms with van der Waals surface area (Å²) in [7, 11) is 4.74. The molecule has 0 bridgehead atoms. The van der Waals surface area contributed by atoms with Crippen molar-refractivity contribution in [2.45, 2.75) is 38.6 Å². The van der Waals surface area contributed by atoms with Gasteiger partial charge in [0.2, 0.25) is 0 Å². The molecule has 0 aliphatic carbocycles. The Morgan fingerprint density at radius 2 is 1.91 bits per heavy atom. The SMILES string of the molecule is CCC1CCCC[N+]1(C)C.[Br-]. The Morgan fingerprint density at radius 1 is 1.27 bits per heavy atom. The van der Waals surface area contributed by atoms with Gasteiger partial charge in [-0.2, -0.15) is 0 Å². The topological polar surface area (TPSA) is 0 Å². The molecule has 0 aromatic carbocycles. The molecule has 1 aliphatic rings. The molecule has 1 nitrogen and oxygen atoms in total. The van der Waals surface area contributed by atoms with E-state index < -0.39 is 0 Å². The highest BCUT2D eigenvalue weighted by Gasteiger charge is 2.29. The van der Waals surface area contributed by atoms with Crippen LogP contribution < -0.4 is 17.0 Å². The summed E-state index contributed by atoms with van der Waals surface area (Å²) < 4.78 is 1.26. The smallest absolute Gasteiger partial charge is 0.0883 e. The third kappa shape index (κ3) is 2.75. The van der Waals surface area contributed by atoms with E-state index in [2.05, 4.69) is 21.0 Å². The summed E-state index contributed by atoms with van der Waals surface area (Å²) in [4.78, 5) is 0. The number of piperidine rings is 1. The van der Waals surface area contributed by atoms with E-state index in [1.54, 1.807) is 0 Å². The maximum atomic E-state index is 2.37. The highest BCUT2D eigenvalue weighted by atomic mass is 79.9. The number of hydrogen-bond acceptors (Lipinski definition) is 0. The largest absolute Gasteiger partial charge is 1.00 e. The van der Waals surface area contributed by atoms with Gasteiger partial charge in [0.25, 0.3) is 0 Å². The summed E-state index contributed by atoms with van der Waals surface area (Å²) in [5.41, 5.74) is 0. The first-order valence-electron chi connectivity index (χ1n) is 4.49. The zero-order valence-electron chi connectivity index (χ0n) is 7.94. The molecule has 0 N–H and O–H groups in total. The summed E-state index contributed by atoms with van der Waals surface area (Å²) in [6, 6.07) is 0.939. The maximum Gasteiger partial charge on any atom is 0.0883 e. The molecular formula is C9H20BrN. The monoisotopic (exact) mass is 221 g/mol. The number of nitrogens with zero attached hydrogens (tertiary/aromatic N) is 1. The van der Waals surface area contributed by atoms with Crippen LogP contribution in [0.2, 0.25) is 0 Å². The van der Waals surface area contributed by atoms with Crippen molar-refractivity contribution in [1.82, 2.24) is 0 Å². The van der Waals surface area contributed by atoms with E-state index in [0.29, 0.717) is 0 Å². The number of quaternary nitrogens is 1. The van der Waals surface area contributed by atoms with Gasteiger partial charge in [-0.15, -0.1) is 0 Å². The molecule has 1 fully saturated rings. The second kappa shape index (κ2) is 4.46. The summed E-state index contributed by atoms with van der Waals surface area (Å²) in [6.45, 7) is 3.70. The average molecular weight is 222 g/mol. The zero-order valence-corrected chi connectivity index (χ0v) is 9.52. The molecule has 1 heterocycles. The first-order valence-corrected chi connectivity index (χ1v) is 4.49. The van der Waals surface area contributed by atoms with Crippen molar-refractivity contribution in [2.75, 3.05) is 20.6 Å². The third-order valence-corrected chi connectivity index (χ3v) is 2.98. The summed E-state index contributed by atoms with van der Waals surface area (Å²) in [6.07, 6.45) is 5.69. The van der Waals surface area contributed by atoms with E-state index in [4.69, 9.17) is 0 Å². The van der Waals surface area contributed by atoms with Gasteiger partial charge in [-0.3, -0.25) is 0 Å². The molecule has 1 aliphatic heterocycles. The van der Waals surface area contributed by atoms with Crippen molar-refractivity contribution in [3.63, 3.8) is 0 Å². The van der Waals surface area contributed by atoms with Crippen LogP contribution in [0.5, 0.6) is 0 Å². The third-order valence-electron chi connectivity index (χ3n) is 2.98. The van der Waals surface area contributed by atoms with Gasteiger partial charge < -0.3 is 21.5 Å². The molecular weight excluding hydrogens is 202 g/mol. The van der Waals surface area contributed by atoms with E-state index in [1.165, 1.54) is 36.7 Å². The van der Waals surface area contributed by atoms with Crippen LogP contribution in [0, 0.1) is 0 Å². The van der Waals surface area contributed by atoms with Crippen molar-refractivity contribution in [1.29, 1.82) is 0 Å². The van der Waals surface area contributed by atoms with Gasteiger partial charge in [-0.25, -0.2) is 0 Å². The zero-order chi connectivity index (χ0) is 7.61. The number of hydrogen-bond donors (Lipinski definition) is 0. The minimum atomic E-state index is 0. The molecule has 0 radical (unpaired) electrons. The Hall–Kier alpha value is 0.440. The molecule has 2 heteroatoms. The van der Waals surface area contributed by atoms with Crippen LogP contribution in [0.1, 0.15) is 32.6 Å². The fraction of sp³-hybridized carbons (Fsp3) is 1.00. The minimum absolute atomic E-state index is 0. The van der Waals surface area contributed by atoms with Gasteiger partial charge in [0.1, 0.15) is 0 Å². The van der Waals surface area contributed by atoms with Crippen LogP contribution in [0.15, 0.2) is 0 Å². The normalized spacial score (nSPS) is 29.2. The summed E-state index contributed by atoms with van der Waals surface area (Å²) in [5.74, 6) is 0. The predicted octanol–water partition coefficient (Wildman–Crippen LogP) is -0.971. The Morgan fingerprint density at radius 3 is 2.27 bits per heavy atom. The predicted molar refractivity (Wildman–Crippen MR) is 44.9 cm³/mol. The van der Waals surface area contributed by atoms with Gasteiger partial charge in [0.05, 0.1) is 26.7 Å². The van der Waals surface area contributed by atoms with Crippen LogP contribution in [-0.2, 0) is 0 Å². The van der Waals surface area contributed by atoms with E-state index in [9.17, 15) is 0 Å². The number of halogens is 1. The quantitative estimate of drug-likeness (QED) is 0.501. The fourth-order valence-corrected chi connectivity index (χ4v) is 2.13. The van der Waals surface area contributed by atoms with Gasteiger partial charge in [-0.1, -0.05) is 6.92 Å². The minimum Gasteiger partial charge on any atom is -1.00 e. The molecule has 11 heavy (non-hydrogen) atoms. The lowest BCUT2D eigenvalue weighted by atomic mass is 9.98. The molecule has 1 rings (SSSR count).